The zero-order valence-corrected chi connectivity index (χ0v) is 20.5. The van der Waals surface area contributed by atoms with Crippen LogP contribution in [0.2, 0.25) is 0 Å². The van der Waals surface area contributed by atoms with E-state index >= 15 is 0 Å². The molecule has 6 rings (SSSR count). The number of methoxy groups -OCH3 is 1. The highest BCUT2D eigenvalue weighted by Gasteiger charge is 2.56. The van der Waals surface area contributed by atoms with Crippen LogP contribution in [0.5, 0.6) is 5.75 Å². The number of rotatable bonds is 6. The number of hydrogen-bond donors (Lipinski definition) is 1. The van der Waals surface area contributed by atoms with E-state index in [0.717, 1.165) is 35.4 Å². The topological polar surface area (TPSA) is 75.0 Å². The third kappa shape index (κ3) is 3.20. The van der Waals surface area contributed by atoms with E-state index in [-0.39, 0.29) is 18.1 Å². The third-order valence-electron chi connectivity index (χ3n) is 7.66. The molecule has 3 aromatic rings. The molecule has 1 saturated heterocycles. The standard InChI is InChI=1S/C24H29N3O4S2/c1-25-19-10-17(31-2)7-8-18(19)22-23(25)20(12-28)26(11-16-5-6-16)13-24(22)14-27(15-24)33(29,30)21-4-3-9-32-21/h3-4,7-10,16,20,28H,5-6,11-15H2,1-2H3/t20-/m1/s1. The summed E-state index contributed by atoms with van der Waals surface area (Å²) in [6, 6.07) is 9.49. The Labute approximate surface area is 198 Å². The maximum absolute atomic E-state index is 13.2. The molecule has 33 heavy (non-hydrogen) atoms. The summed E-state index contributed by atoms with van der Waals surface area (Å²) in [5, 5.41) is 13.4. The van der Waals surface area contributed by atoms with Crippen LogP contribution >= 0.6 is 11.3 Å². The predicted molar refractivity (Wildman–Crippen MR) is 128 cm³/mol. The minimum Gasteiger partial charge on any atom is -0.497 e. The van der Waals surface area contributed by atoms with Crippen molar-refractivity contribution in [1.82, 2.24) is 13.8 Å². The number of nitrogens with zero attached hydrogens (tertiary/aromatic N) is 3. The number of benzene rings is 1. The molecule has 3 aliphatic rings. The molecule has 1 N–H and O–H groups in total. The SMILES string of the molecule is COc1ccc2c3c(n(C)c2c1)[C@@H](CO)N(CC1CC1)CC31CN(S(=O)(=O)c2cccs2)C1. The van der Waals surface area contributed by atoms with Crippen LogP contribution in [0.15, 0.2) is 39.9 Å². The Morgan fingerprint density at radius 3 is 2.64 bits per heavy atom. The van der Waals surface area contributed by atoms with Crippen molar-refractivity contribution >= 4 is 32.3 Å². The number of sulfonamides is 1. The van der Waals surface area contributed by atoms with Crippen LogP contribution in [-0.4, -0.2) is 67.2 Å². The fraction of sp³-hybridized carbons (Fsp3) is 0.500. The molecule has 176 valence electrons. The molecule has 2 aromatic heterocycles. The fourth-order valence-corrected chi connectivity index (χ4v) is 8.64. The van der Waals surface area contributed by atoms with E-state index in [1.54, 1.807) is 23.5 Å². The van der Waals surface area contributed by atoms with Crippen LogP contribution in [0.1, 0.15) is 30.1 Å². The molecule has 0 bridgehead atoms. The van der Waals surface area contributed by atoms with E-state index < -0.39 is 10.0 Å². The van der Waals surface area contributed by atoms with Crippen LogP contribution in [0.25, 0.3) is 10.9 Å². The Morgan fingerprint density at radius 2 is 2.00 bits per heavy atom. The van der Waals surface area contributed by atoms with Gasteiger partial charge in [0.15, 0.2) is 0 Å². The van der Waals surface area contributed by atoms with Crippen LogP contribution < -0.4 is 4.74 Å². The lowest BCUT2D eigenvalue weighted by Gasteiger charge is -2.55. The first kappa shape index (κ1) is 21.6. The van der Waals surface area contributed by atoms with Crippen LogP contribution in [0, 0.1) is 5.92 Å². The molecule has 7 nitrogen and oxygen atoms in total. The second-order valence-electron chi connectivity index (χ2n) is 9.76. The monoisotopic (exact) mass is 487 g/mol. The molecule has 0 radical (unpaired) electrons. The minimum absolute atomic E-state index is 0.0499. The molecule has 9 heteroatoms. The second kappa shape index (κ2) is 7.55. The minimum atomic E-state index is -3.48. The Kier molecular flexibility index (Phi) is 4.94. The summed E-state index contributed by atoms with van der Waals surface area (Å²) in [6.07, 6.45) is 2.47. The third-order valence-corrected chi connectivity index (χ3v) is 10.8. The van der Waals surface area contributed by atoms with Gasteiger partial charge < -0.3 is 14.4 Å². The van der Waals surface area contributed by atoms with Gasteiger partial charge >= 0.3 is 0 Å². The molecule has 0 amide bonds. The first-order valence-corrected chi connectivity index (χ1v) is 13.8. The summed E-state index contributed by atoms with van der Waals surface area (Å²) in [6.45, 7) is 2.70. The first-order valence-electron chi connectivity index (χ1n) is 11.4. The van der Waals surface area contributed by atoms with Crippen molar-refractivity contribution in [2.45, 2.75) is 28.5 Å². The molecule has 1 aromatic carbocycles. The van der Waals surface area contributed by atoms with Gasteiger partial charge in [-0.25, -0.2) is 8.42 Å². The molecule has 1 spiro atoms. The first-order chi connectivity index (χ1) is 15.9. The lowest BCUT2D eigenvalue weighted by Crippen LogP contribution is -2.67. The Balaban J connectivity index is 1.47. The Morgan fingerprint density at radius 1 is 1.21 bits per heavy atom. The van der Waals surface area contributed by atoms with Crippen molar-refractivity contribution in [3.63, 3.8) is 0 Å². The predicted octanol–water partition coefficient (Wildman–Crippen LogP) is 2.95. The average molecular weight is 488 g/mol. The van der Waals surface area contributed by atoms with Crippen LogP contribution in [-0.2, 0) is 22.5 Å². The van der Waals surface area contributed by atoms with E-state index in [9.17, 15) is 13.5 Å². The lowest BCUT2D eigenvalue weighted by atomic mass is 9.70. The lowest BCUT2D eigenvalue weighted by molar-refractivity contribution is 0.0264. The number of aryl methyl sites for hydroxylation is 1. The molecular weight excluding hydrogens is 458 g/mol. The van der Waals surface area contributed by atoms with Gasteiger partial charge in [-0.1, -0.05) is 6.07 Å². The van der Waals surface area contributed by atoms with Gasteiger partial charge in [0.05, 0.1) is 25.3 Å². The van der Waals surface area contributed by atoms with E-state index in [0.29, 0.717) is 23.2 Å². The van der Waals surface area contributed by atoms with Crippen LogP contribution in [0.3, 0.4) is 0 Å². The van der Waals surface area contributed by atoms with Crippen molar-refractivity contribution in [2.75, 3.05) is 39.9 Å². The van der Waals surface area contributed by atoms with Crippen molar-refractivity contribution in [2.24, 2.45) is 13.0 Å². The maximum Gasteiger partial charge on any atom is 0.252 e. The molecule has 0 unspecified atom stereocenters. The van der Waals surface area contributed by atoms with Crippen molar-refractivity contribution in [1.29, 1.82) is 0 Å². The highest BCUT2D eigenvalue weighted by atomic mass is 32.2. The van der Waals surface area contributed by atoms with Crippen molar-refractivity contribution in [3.05, 3.63) is 47.0 Å². The number of aromatic nitrogens is 1. The summed E-state index contributed by atoms with van der Waals surface area (Å²) >= 11 is 1.27. The summed E-state index contributed by atoms with van der Waals surface area (Å²) in [5.74, 6) is 1.47. The van der Waals surface area contributed by atoms with Gasteiger partial charge in [-0.3, -0.25) is 4.90 Å². The molecule has 1 atom stereocenters. The number of aliphatic hydroxyl groups is 1. The largest absolute Gasteiger partial charge is 0.497 e. The van der Waals surface area contributed by atoms with Gasteiger partial charge in [0.1, 0.15) is 9.96 Å². The fourth-order valence-electron chi connectivity index (χ4n) is 5.88. The zero-order valence-electron chi connectivity index (χ0n) is 18.9. The quantitative estimate of drug-likeness (QED) is 0.579. The molecule has 4 heterocycles. The Bertz CT molecular complexity index is 1310. The van der Waals surface area contributed by atoms with Gasteiger partial charge in [-0.2, -0.15) is 4.31 Å². The Hall–Kier alpha value is -1.91. The van der Waals surface area contributed by atoms with Gasteiger partial charge in [-0.15, -0.1) is 11.3 Å². The summed E-state index contributed by atoms with van der Waals surface area (Å²) < 4.78 is 36.1. The average Bonchev–Trinajstić information content (AvgIpc) is 3.31. The number of fused-ring (bicyclic) bond motifs is 4. The summed E-state index contributed by atoms with van der Waals surface area (Å²) in [4.78, 5) is 2.41. The van der Waals surface area contributed by atoms with Crippen molar-refractivity contribution < 1.29 is 18.3 Å². The summed E-state index contributed by atoms with van der Waals surface area (Å²) in [7, 11) is 0.233. The highest BCUT2D eigenvalue weighted by molar-refractivity contribution is 7.91. The maximum atomic E-state index is 13.2. The number of ether oxygens (including phenoxy) is 1. The second-order valence-corrected chi connectivity index (χ2v) is 12.9. The smallest absolute Gasteiger partial charge is 0.252 e. The van der Waals surface area contributed by atoms with Gasteiger partial charge in [0, 0.05) is 55.8 Å². The summed E-state index contributed by atoms with van der Waals surface area (Å²) in [5.41, 5.74) is 3.09. The van der Waals surface area contributed by atoms with E-state index in [1.807, 2.05) is 17.5 Å². The van der Waals surface area contributed by atoms with Gasteiger partial charge in [0.25, 0.3) is 10.0 Å². The molecule has 1 aliphatic carbocycles. The van der Waals surface area contributed by atoms with E-state index in [4.69, 9.17) is 4.74 Å². The van der Waals surface area contributed by atoms with Gasteiger partial charge in [0.2, 0.25) is 0 Å². The molecular formula is C24H29N3O4S2. The van der Waals surface area contributed by atoms with Crippen LogP contribution in [0.4, 0.5) is 0 Å². The van der Waals surface area contributed by atoms with E-state index in [1.165, 1.54) is 29.7 Å². The van der Waals surface area contributed by atoms with E-state index in [2.05, 4.69) is 22.6 Å². The molecule has 2 aliphatic heterocycles. The molecule has 1 saturated carbocycles. The highest BCUT2D eigenvalue weighted by Crippen LogP contribution is 2.51. The molecule has 2 fully saturated rings. The zero-order chi connectivity index (χ0) is 23.0. The normalized spacial score (nSPS) is 23.1. The van der Waals surface area contributed by atoms with Gasteiger partial charge in [-0.05, 0) is 47.9 Å². The number of hydrogen-bond acceptors (Lipinski definition) is 6. The number of thiophene rings is 1. The van der Waals surface area contributed by atoms with Crippen molar-refractivity contribution in [3.8, 4) is 5.75 Å². The number of aliphatic hydroxyl groups excluding tert-OH is 1.